The van der Waals surface area contributed by atoms with Crippen LogP contribution in [-0.2, 0) is 14.3 Å². The number of carbonyl (C=O) groups is 2. The summed E-state index contributed by atoms with van der Waals surface area (Å²) in [6.07, 6.45) is 2.94. The molecule has 0 aromatic heterocycles. The first-order valence-corrected chi connectivity index (χ1v) is 7.09. The minimum Gasteiger partial charge on any atom is -0.489 e. The lowest BCUT2D eigenvalue weighted by Gasteiger charge is -2.07. The number of benzene rings is 1. The van der Waals surface area contributed by atoms with Crippen molar-refractivity contribution in [1.29, 1.82) is 0 Å². The Kier molecular flexibility index (Phi) is 8.41. The first-order chi connectivity index (χ1) is 11.1. The highest BCUT2D eigenvalue weighted by atomic mass is 35.5. The molecule has 0 aliphatic heterocycles. The fourth-order valence-corrected chi connectivity index (χ4v) is 1.64. The van der Waals surface area contributed by atoms with Crippen LogP contribution in [0.4, 0.5) is 0 Å². The molecule has 0 saturated heterocycles. The smallest absolute Gasteiger partial charge is 0.329 e. The van der Waals surface area contributed by atoms with Crippen molar-refractivity contribution >= 4 is 29.6 Å². The molecule has 0 heterocycles. The van der Waals surface area contributed by atoms with E-state index in [1.54, 1.807) is 24.3 Å². The number of hydrogen-bond acceptors (Lipinski definition) is 5. The van der Waals surface area contributed by atoms with Gasteiger partial charge < -0.3 is 14.8 Å². The molecule has 23 heavy (non-hydrogen) atoms. The van der Waals surface area contributed by atoms with Crippen molar-refractivity contribution in [3.8, 4) is 5.75 Å². The molecule has 7 nitrogen and oxygen atoms in total. The van der Waals surface area contributed by atoms with Gasteiger partial charge >= 0.3 is 11.8 Å². The zero-order chi connectivity index (χ0) is 17.1. The molecule has 8 heteroatoms. The van der Waals surface area contributed by atoms with Crippen molar-refractivity contribution in [3.63, 3.8) is 0 Å². The van der Waals surface area contributed by atoms with Gasteiger partial charge in [-0.15, -0.1) is 0 Å². The summed E-state index contributed by atoms with van der Waals surface area (Å²) in [6, 6.07) is 4.96. The molecule has 0 aliphatic carbocycles. The van der Waals surface area contributed by atoms with Crippen molar-refractivity contribution in [2.24, 2.45) is 5.10 Å². The molecule has 124 valence electrons. The topological polar surface area (TPSA) is 89.0 Å². The first kappa shape index (κ1) is 18.7. The monoisotopic (exact) mass is 339 g/mol. The van der Waals surface area contributed by atoms with Gasteiger partial charge in [0.05, 0.1) is 12.8 Å². The Bertz CT molecular complexity index is 590. The summed E-state index contributed by atoms with van der Waals surface area (Å²) in [7, 11) is 1.49. The van der Waals surface area contributed by atoms with Crippen LogP contribution in [0, 0.1) is 0 Å². The highest BCUT2D eigenvalue weighted by Gasteiger charge is 2.11. The molecular formula is C15H18ClN3O4. The van der Waals surface area contributed by atoms with Crippen LogP contribution in [0.3, 0.4) is 0 Å². The summed E-state index contributed by atoms with van der Waals surface area (Å²) < 4.78 is 10.2. The Balaban J connectivity index is 2.62. The summed E-state index contributed by atoms with van der Waals surface area (Å²) in [5, 5.41) is 6.58. The maximum Gasteiger partial charge on any atom is 0.329 e. The van der Waals surface area contributed by atoms with Crippen LogP contribution < -0.4 is 15.5 Å². The van der Waals surface area contributed by atoms with Gasteiger partial charge in [-0.25, -0.2) is 5.43 Å². The summed E-state index contributed by atoms with van der Waals surface area (Å²) in [6.45, 7) is 4.43. The third-order valence-corrected chi connectivity index (χ3v) is 2.73. The van der Waals surface area contributed by atoms with E-state index in [0.29, 0.717) is 29.5 Å². The van der Waals surface area contributed by atoms with Gasteiger partial charge in [-0.3, -0.25) is 9.59 Å². The number of carbonyl (C=O) groups excluding carboxylic acids is 2. The van der Waals surface area contributed by atoms with E-state index in [9.17, 15) is 9.59 Å². The zero-order valence-corrected chi connectivity index (χ0v) is 13.4. The molecule has 2 N–H and O–H groups in total. The van der Waals surface area contributed by atoms with E-state index in [0.717, 1.165) is 0 Å². The normalized spacial score (nSPS) is 10.3. The quantitative estimate of drug-likeness (QED) is 0.244. The van der Waals surface area contributed by atoms with Gasteiger partial charge in [-0.05, 0) is 18.2 Å². The number of nitrogens with zero attached hydrogens (tertiary/aromatic N) is 1. The number of ether oxygens (including phenoxy) is 2. The van der Waals surface area contributed by atoms with Crippen molar-refractivity contribution in [2.45, 2.75) is 0 Å². The van der Waals surface area contributed by atoms with E-state index >= 15 is 0 Å². The van der Waals surface area contributed by atoms with Gasteiger partial charge in [-0.2, -0.15) is 5.10 Å². The Labute approximate surface area is 139 Å². The van der Waals surface area contributed by atoms with E-state index in [4.69, 9.17) is 21.1 Å². The predicted octanol–water partition coefficient (Wildman–Crippen LogP) is 1.12. The fraction of sp³-hybridized carbons (Fsp3) is 0.267. The van der Waals surface area contributed by atoms with Crippen LogP contribution in [0.25, 0.3) is 0 Å². The van der Waals surface area contributed by atoms with Crippen molar-refractivity contribution < 1.29 is 19.1 Å². The third kappa shape index (κ3) is 6.94. The highest BCUT2D eigenvalue weighted by molar-refractivity contribution is 6.35. The second kappa shape index (κ2) is 10.4. The van der Waals surface area contributed by atoms with Crippen molar-refractivity contribution in [1.82, 2.24) is 10.7 Å². The van der Waals surface area contributed by atoms with E-state index < -0.39 is 11.8 Å². The molecule has 0 spiro atoms. The summed E-state index contributed by atoms with van der Waals surface area (Å²) in [4.78, 5) is 22.9. The molecule has 0 atom stereocenters. The fourth-order valence-electron chi connectivity index (χ4n) is 1.46. The first-order valence-electron chi connectivity index (χ1n) is 6.72. The second-order valence-corrected chi connectivity index (χ2v) is 4.67. The van der Waals surface area contributed by atoms with Crippen LogP contribution in [0.1, 0.15) is 5.56 Å². The van der Waals surface area contributed by atoms with Gasteiger partial charge in [0, 0.05) is 24.2 Å². The second-order valence-electron chi connectivity index (χ2n) is 4.23. The molecule has 2 amide bonds. The minimum atomic E-state index is -0.882. The molecule has 0 fully saturated rings. The maximum atomic E-state index is 11.5. The SMILES string of the molecule is C=CCOc1ccc(Cl)cc1/C=N\NC(=O)C(=O)NCCOC. The number of methoxy groups -OCH3 is 1. The van der Waals surface area contributed by atoms with Crippen LogP contribution in [-0.4, -0.2) is 44.9 Å². The van der Waals surface area contributed by atoms with Gasteiger partial charge in [0.25, 0.3) is 0 Å². The summed E-state index contributed by atoms with van der Waals surface area (Å²) in [5.41, 5.74) is 2.67. The Hall–Kier alpha value is -2.38. The predicted molar refractivity (Wildman–Crippen MR) is 87.8 cm³/mol. The Morgan fingerprint density at radius 3 is 2.87 bits per heavy atom. The molecule has 1 aromatic carbocycles. The zero-order valence-electron chi connectivity index (χ0n) is 12.7. The summed E-state index contributed by atoms with van der Waals surface area (Å²) >= 11 is 5.91. The summed E-state index contributed by atoms with van der Waals surface area (Å²) in [5.74, 6) is -1.15. The molecule has 1 rings (SSSR count). The number of halogens is 1. The molecular weight excluding hydrogens is 322 g/mol. The molecule has 0 radical (unpaired) electrons. The molecule has 0 bridgehead atoms. The minimum absolute atomic E-state index is 0.236. The number of amides is 2. The van der Waals surface area contributed by atoms with Crippen LogP contribution in [0.5, 0.6) is 5.75 Å². The van der Waals surface area contributed by atoms with Gasteiger partial charge in [0.1, 0.15) is 12.4 Å². The maximum absolute atomic E-state index is 11.5. The molecule has 0 saturated carbocycles. The molecule has 1 aromatic rings. The number of hydrazone groups is 1. The van der Waals surface area contributed by atoms with E-state index in [2.05, 4.69) is 22.4 Å². The van der Waals surface area contributed by atoms with Crippen LogP contribution in [0.15, 0.2) is 36.0 Å². The lowest BCUT2D eigenvalue weighted by Crippen LogP contribution is -2.39. The Morgan fingerprint density at radius 1 is 1.39 bits per heavy atom. The average molecular weight is 340 g/mol. The van der Waals surface area contributed by atoms with Gasteiger partial charge in [0.15, 0.2) is 0 Å². The third-order valence-electron chi connectivity index (χ3n) is 2.50. The number of nitrogens with one attached hydrogen (secondary N) is 2. The molecule has 0 aliphatic rings. The van der Waals surface area contributed by atoms with Gasteiger partial charge in [0.2, 0.25) is 0 Å². The number of hydrogen-bond donors (Lipinski definition) is 2. The van der Waals surface area contributed by atoms with Crippen LogP contribution in [0.2, 0.25) is 5.02 Å². The van der Waals surface area contributed by atoms with Gasteiger partial charge in [-0.1, -0.05) is 24.3 Å². The van der Waals surface area contributed by atoms with Crippen LogP contribution >= 0.6 is 11.6 Å². The lowest BCUT2D eigenvalue weighted by molar-refractivity contribution is -0.139. The van der Waals surface area contributed by atoms with E-state index in [1.807, 2.05) is 0 Å². The number of rotatable bonds is 8. The standard InChI is InChI=1S/C15H18ClN3O4/c1-3-7-23-13-5-4-12(16)9-11(13)10-18-19-15(21)14(20)17-6-8-22-2/h3-5,9-10H,1,6-8H2,2H3,(H,17,20)(H,19,21)/b18-10-. The average Bonchev–Trinajstić information content (AvgIpc) is 2.54. The van der Waals surface area contributed by atoms with Crippen molar-refractivity contribution in [3.05, 3.63) is 41.4 Å². The van der Waals surface area contributed by atoms with E-state index in [1.165, 1.54) is 13.3 Å². The molecule has 0 unspecified atom stereocenters. The highest BCUT2D eigenvalue weighted by Crippen LogP contribution is 2.21. The lowest BCUT2D eigenvalue weighted by atomic mass is 10.2. The van der Waals surface area contributed by atoms with E-state index in [-0.39, 0.29) is 6.54 Å². The largest absolute Gasteiger partial charge is 0.489 e. The Morgan fingerprint density at radius 2 is 2.17 bits per heavy atom. The van der Waals surface area contributed by atoms with Crippen molar-refractivity contribution in [2.75, 3.05) is 26.9 Å².